The van der Waals surface area contributed by atoms with E-state index in [2.05, 4.69) is 0 Å². The van der Waals surface area contributed by atoms with Gasteiger partial charge < -0.3 is 0 Å². The molecule has 0 spiro atoms. The molecule has 17 heavy (non-hydrogen) atoms. The third-order valence-electron chi connectivity index (χ3n) is 2.43. The Morgan fingerprint density at radius 1 is 0.824 bits per heavy atom. The maximum atomic E-state index is 10.9. The summed E-state index contributed by atoms with van der Waals surface area (Å²) in [6, 6.07) is 17.3. The minimum Gasteiger partial charge on any atom is -0.228 e. The second-order valence-electron chi connectivity index (χ2n) is 3.87. The summed E-state index contributed by atoms with van der Waals surface area (Å²) in [7, 11) is -3.45. The fraction of sp³-hybridized carbons (Fsp3) is 0.0769. The van der Waals surface area contributed by atoms with Crippen LogP contribution in [0.1, 0.15) is 5.56 Å². The molecule has 0 heterocycles. The van der Waals surface area contributed by atoms with Gasteiger partial charge in [-0.1, -0.05) is 54.6 Å². The number of benzene rings is 2. The van der Waals surface area contributed by atoms with E-state index in [-0.39, 0.29) is 5.75 Å². The normalized spacial score (nSPS) is 11.4. The molecule has 0 radical (unpaired) electrons. The molecule has 0 bridgehead atoms. The molecule has 88 valence electrons. The summed E-state index contributed by atoms with van der Waals surface area (Å²) in [5.74, 6) is -0.123. The topological polar surface area (TPSA) is 60.2 Å². The second kappa shape index (κ2) is 4.69. The largest absolute Gasteiger partial charge is 0.228 e. The van der Waals surface area contributed by atoms with Crippen molar-refractivity contribution in [3.05, 3.63) is 60.2 Å². The van der Waals surface area contributed by atoms with Gasteiger partial charge in [0, 0.05) is 0 Å². The standard InChI is InChI=1S/C13H13NO2S/c14-17(15,16)10-11-6-8-13(9-7-11)12-4-2-1-3-5-12/h1-9H,10H2,(H2,14,15,16). The van der Waals surface area contributed by atoms with Crippen molar-refractivity contribution in [1.82, 2.24) is 0 Å². The Balaban J connectivity index is 2.25. The van der Waals surface area contributed by atoms with Crippen LogP contribution in [0.25, 0.3) is 11.1 Å². The highest BCUT2D eigenvalue weighted by Gasteiger charge is 2.04. The summed E-state index contributed by atoms with van der Waals surface area (Å²) in [4.78, 5) is 0. The van der Waals surface area contributed by atoms with Crippen molar-refractivity contribution in [3.8, 4) is 11.1 Å². The van der Waals surface area contributed by atoms with Crippen LogP contribution in [0.2, 0.25) is 0 Å². The first-order valence-electron chi connectivity index (χ1n) is 5.19. The Morgan fingerprint density at radius 2 is 1.35 bits per heavy atom. The molecular formula is C13H13NO2S. The monoisotopic (exact) mass is 247 g/mol. The van der Waals surface area contributed by atoms with E-state index in [4.69, 9.17) is 5.14 Å². The van der Waals surface area contributed by atoms with Crippen LogP contribution in [0.5, 0.6) is 0 Å². The van der Waals surface area contributed by atoms with Crippen LogP contribution < -0.4 is 5.14 Å². The molecule has 0 unspecified atom stereocenters. The van der Waals surface area contributed by atoms with Gasteiger partial charge in [0.15, 0.2) is 0 Å². The van der Waals surface area contributed by atoms with E-state index in [0.29, 0.717) is 5.56 Å². The number of primary sulfonamides is 1. The number of hydrogen-bond donors (Lipinski definition) is 1. The van der Waals surface area contributed by atoms with E-state index >= 15 is 0 Å². The highest BCUT2D eigenvalue weighted by Crippen LogP contribution is 2.19. The van der Waals surface area contributed by atoms with Gasteiger partial charge >= 0.3 is 0 Å². The first kappa shape index (κ1) is 11.8. The third kappa shape index (κ3) is 3.41. The lowest BCUT2D eigenvalue weighted by Gasteiger charge is -2.03. The molecule has 0 aliphatic carbocycles. The Bertz CT molecular complexity index is 589. The van der Waals surface area contributed by atoms with Crippen molar-refractivity contribution >= 4 is 10.0 Å². The first-order valence-corrected chi connectivity index (χ1v) is 6.91. The summed E-state index contributed by atoms with van der Waals surface area (Å²) in [6.45, 7) is 0. The summed E-state index contributed by atoms with van der Waals surface area (Å²) in [5.41, 5.74) is 2.87. The van der Waals surface area contributed by atoms with Gasteiger partial charge in [-0.15, -0.1) is 0 Å². The van der Waals surface area contributed by atoms with Crippen LogP contribution >= 0.6 is 0 Å². The zero-order valence-corrected chi connectivity index (χ0v) is 10.0. The predicted octanol–water partition coefficient (Wildman–Crippen LogP) is 2.14. The van der Waals surface area contributed by atoms with Crippen LogP contribution in [-0.4, -0.2) is 8.42 Å². The lowest BCUT2D eigenvalue weighted by molar-refractivity contribution is 0.597. The van der Waals surface area contributed by atoms with Crippen LogP contribution in [0.15, 0.2) is 54.6 Å². The average molecular weight is 247 g/mol. The summed E-state index contributed by atoms with van der Waals surface area (Å²) < 4.78 is 21.9. The number of nitrogens with two attached hydrogens (primary N) is 1. The zero-order chi connectivity index (χ0) is 12.3. The Labute approximate surface area is 101 Å². The Morgan fingerprint density at radius 3 is 1.88 bits per heavy atom. The van der Waals surface area contributed by atoms with Crippen molar-refractivity contribution in [2.75, 3.05) is 0 Å². The van der Waals surface area contributed by atoms with E-state index in [1.807, 2.05) is 42.5 Å². The van der Waals surface area contributed by atoms with E-state index in [1.165, 1.54) is 0 Å². The van der Waals surface area contributed by atoms with Crippen LogP contribution in [0.4, 0.5) is 0 Å². The Hall–Kier alpha value is -1.65. The van der Waals surface area contributed by atoms with Crippen molar-refractivity contribution in [1.29, 1.82) is 0 Å². The van der Waals surface area contributed by atoms with E-state index in [1.54, 1.807) is 12.1 Å². The predicted molar refractivity (Wildman–Crippen MR) is 68.7 cm³/mol. The molecule has 2 aromatic rings. The molecule has 0 atom stereocenters. The molecule has 0 aromatic heterocycles. The van der Waals surface area contributed by atoms with E-state index in [0.717, 1.165) is 11.1 Å². The second-order valence-corrected chi connectivity index (χ2v) is 5.48. The first-order chi connectivity index (χ1) is 8.04. The number of rotatable bonds is 3. The maximum absolute atomic E-state index is 10.9. The average Bonchev–Trinajstić information content (AvgIpc) is 2.29. The lowest BCUT2D eigenvalue weighted by atomic mass is 10.0. The fourth-order valence-corrected chi connectivity index (χ4v) is 2.31. The fourth-order valence-electron chi connectivity index (χ4n) is 1.66. The minimum absolute atomic E-state index is 0.123. The SMILES string of the molecule is NS(=O)(=O)Cc1ccc(-c2ccccc2)cc1. The molecule has 0 saturated carbocycles. The van der Waals surface area contributed by atoms with Crippen LogP contribution in [-0.2, 0) is 15.8 Å². The van der Waals surface area contributed by atoms with Crippen molar-refractivity contribution in [3.63, 3.8) is 0 Å². The Kier molecular flexibility index (Phi) is 3.26. The molecule has 2 rings (SSSR count). The third-order valence-corrected chi connectivity index (χ3v) is 3.16. The van der Waals surface area contributed by atoms with Gasteiger partial charge in [0.1, 0.15) is 0 Å². The van der Waals surface area contributed by atoms with Crippen molar-refractivity contribution < 1.29 is 8.42 Å². The van der Waals surface area contributed by atoms with Crippen LogP contribution in [0.3, 0.4) is 0 Å². The number of sulfonamides is 1. The van der Waals surface area contributed by atoms with Gasteiger partial charge in [-0.3, -0.25) is 0 Å². The molecule has 2 N–H and O–H groups in total. The molecular weight excluding hydrogens is 234 g/mol. The van der Waals surface area contributed by atoms with Gasteiger partial charge in [0.05, 0.1) is 5.75 Å². The van der Waals surface area contributed by atoms with Gasteiger partial charge in [-0.05, 0) is 16.7 Å². The molecule has 4 heteroatoms. The highest BCUT2D eigenvalue weighted by atomic mass is 32.2. The maximum Gasteiger partial charge on any atom is 0.213 e. The summed E-state index contributed by atoms with van der Waals surface area (Å²) >= 11 is 0. The lowest BCUT2D eigenvalue weighted by Crippen LogP contribution is -2.14. The van der Waals surface area contributed by atoms with Gasteiger partial charge in [0.2, 0.25) is 10.0 Å². The van der Waals surface area contributed by atoms with Crippen LogP contribution in [0, 0.1) is 0 Å². The molecule has 0 amide bonds. The van der Waals surface area contributed by atoms with Gasteiger partial charge in [0.25, 0.3) is 0 Å². The van der Waals surface area contributed by atoms with Gasteiger partial charge in [-0.25, -0.2) is 13.6 Å². The highest BCUT2D eigenvalue weighted by molar-refractivity contribution is 7.88. The minimum atomic E-state index is -3.45. The molecule has 0 aliphatic rings. The zero-order valence-electron chi connectivity index (χ0n) is 9.21. The number of hydrogen-bond acceptors (Lipinski definition) is 2. The van der Waals surface area contributed by atoms with E-state index in [9.17, 15) is 8.42 Å². The molecule has 2 aromatic carbocycles. The summed E-state index contributed by atoms with van der Waals surface area (Å²) in [5, 5.41) is 4.99. The smallest absolute Gasteiger partial charge is 0.213 e. The van der Waals surface area contributed by atoms with Crippen molar-refractivity contribution in [2.24, 2.45) is 5.14 Å². The quantitative estimate of drug-likeness (QED) is 0.903. The molecule has 0 aliphatic heterocycles. The molecule has 3 nitrogen and oxygen atoms in total. The van der Waals surface area contributed by atoms with Gasteiger partial charge in [-0.2, -0.15) is 0 Å². The van der Waals surface area contributed by atoms with E-state index < -0.39 is 10.0 Å². The molecule has 0 fully saturated rings. The molecule has 0 saturated heterocycles. The summed E-state index contributed by atoms with van der Waals surface area (Å²) in [6.07, 6.45) is 0. The van der Waals surface area contributed by atoms with Crippen molar-refractivity contribution in [2.45, 2.75) is 5.75 Å².